The van der Waals surface area contributed by atoms with Crippen LogP contribution in [-0.2, 0) is 16.1 Å². The lowest BCUT2D eigenvalue weighted by molar-refractivity contribution is -0.118. The Morgan fingerprint density at radius 2 is 1.73 bits per heavy atom. The molecule has 2 N–H and O–H groups in total. The first-order chi connectivity index (χ1) is 12.6. The highest BCUT2D eigenvalue weighted by Crippen LogP contribution is 2.18. The SMILES string of the molecule is O=C(CSCC(=O)Nc1ccc(F)cc1)NCc1cc2ccccc2o1. The molecule has 0 atom stereocenters. The second kappa shape index (κ2) is 8.53. The van der Waals surface area contributed by atoms with E-state index >= 15 is 0 Å². The molecule has 0 bridgehead atoms. The van der Waals surface area contributed by atoms with E-state index in [0.29, 0.717) is 18.0 Å². The van der Waals surface area contributed by atoms with E-state index in [1.54, 1.807) is 0 Å². The van der Waals surface area contributed by atoms with Crippen LogP contribution in [0.15, 0.2) is 59.0 Å². The number of para-hydroxylation sites is 1. The van der Waals surface area contributed by atoms with Crippen LogP contribution in [0.5, 0.6) is 0 Å². The molecule has 7 heteroatoms. The molecule has 5 nitrogen and oxygen atoms in total. The Morgan fingerprint density at radius 3 is 2.50 bits per heavy atom. The van der Waals surface area contributed by atoms with Crippen molar-refractivity contribution in [2.24, 2.45) is 0 Å². The van der Waals surface area contributed by atoms with Crippen LogP contribution in [0, 0.1) is 5.82 Å². The van der Waals surface area contributed by atoms with Gasteiger partial charge in [0.05, 0.1) is 18.1 Å². The Morgan fingerprint density at radius 1 is 1.00 bits per heavy atom. The lowest BCUT2D eigenvalue weighted by atomic mass is 10.2. The number of hydrogen-bond acceptors (Lipinski definition) is 4. The van der Waals surface area contributed by atoms with Crippen LogP contribution in [-0.4, -0.2) is 23.3 Å². The van der Waals surface area contributed by atoms with Crippen molar-refractivity contribution >= 4 is 40.2 Å². The van der Waals surface area contributed by atoms with Gasteiger partial charge in [0.1, 0.15) is 17.2 Å². The first-order valence-corrected chi connectivity index (χ1v) is 9.13. The van der Waals surface area contributed by atoms with Crippen LogP contribution in [0.2, 0.25) is 0 Å². The zero-order valence-corrected chi connectivity index (χ0v) is 14.6. The molecule has 3 aromatic rings. The van der Waals surface area contributed by atoms with E-state index in [1.807, 2.05) is 30.3 Å². The van der Waals surface area contributed by atoms with E-state index in [1.165, 1.54) is 36.0 Å². The van der Waals surface area contributed by atoms with E-state index in [-0.39, 0.29) is 29.1 Å². The van der Waals surface area contributed by atoms with Gasteiger partial charge in [-0.3, -0.25) is 9.59 Å². The number of furan rings is 1. The minimum absolute atomic E-state index is 0.134. The summed E-state index contributed by atoms with van der Waals surface area (Å²) in [7, 11) is 0. The zero-order chi connectivity index (χ0) is 18.4. The highest BCUT2D eigenvalue weighted by molar-refractivity contribution is 8.00. The van der Waals surface area contributed by atoms with Gasteiger partial charge in [-0.15, -0.1) is 11.8 Å². The van der Waals surface area contributed by atoms with Crippen LogP contribution in [0.4, 0.5) is 10.1 Å². The third kappa shape index (κ3) is 5.10. The number of nitrogens with one attached hydrogen (secondary N) is 2. The molecular formula is C19H17FN2O3S. The fraction of sp³-hybridized carbons (Fsp3) is 0.158. The van der Waals surface area contributed by atoms with Crippen molar-refractivity contribution < 1.29 is 18.4 Å². The van der Waals surface area contributed by atoms with E-state index in [9.17, 15) is 14.0 Å². The molecule has 0 radical (unpaired) electrons. The summed E-state index contributed by atoms with van der Waals surface area (Å²) < 4.78 is 18.4. The average Bonchev–Trinajstić information content (AvgIpc) is 3.05. The Bertz CT molecular complexity index is 876. The lowest BCUT2D eigenvalue weighted by Gasteiger charge is -2.05. The first-order valence-electron chi connectivity index (χ1n) is 7.97. The number of fused-ring (bicyclic) bond motifs is 1. The summed E-state index contributed by atoms with van der Waals surface area (Å²) in [5, 5.41) is 6.39. The number of amides is 2. The predicted octanol–water partition coefficient (Wildman–Crippen LogP) is 3.56. The summed E-state index contributed by atoms with van der Waals surface area (Å²) in [4.78, 5) is 23.6. The fourth-order valence-corrected chi connectivity index (χ4v) is 2.97. The van der Waals surface area contributed by atoms with Gasteiger partial charge >= 0.3 is 0 Å². The maximum Gasteiger partial charge on any atom is 0.234 e. The Labute approximate surface area is 154 Å². The van der Waals surface area contributed by atoms with Crippen molar-refractivity contribution in [1.29, 1.82) is 0 Å². The molecule has 1 aromatic heterocycles. The van der Waals surface area contributed by atoms with Crippen molar-refractivity contribution in [3.05, 3.63) is 66.2 Å². The quantitative estimate of drug-likeness (QED) is 0.665. The van der Waals surface area contributed by atoms with Crippen LogP contribution in [0.3, 0.4) is 0 Å². The standard InChI is InChI=1S/C19H17FN2O3S/c20-14-5-7-15(8-6-14)22-19(24)12-26-11-18(23)21-10-16-9-13-3-1-2-4-17(13)25-16/h1-9H,10-12H2,(H,21,23)(H,22,24). The highest BCUT2D eigenvalue weighted by Gasteiger charge is 2.08. The van der Waals surface area contributed by atoms with E-state index < -0.39 is 0 Å². The summed E-state index contributed by atoms with van der Waals surface area (Å²) in [6, 6.07) is 15.0. The van der Waals surface area contributed by atoms with E-state index in [0.717, 1.165) is 11.0 Å². The van der Waals surface area contributed by atoms with Crippen molar-refractivity contribution in [2.45, 2.75) is 6.54 Å². The molecule has 0 unspecified atom stereocenters. The lowest BCUT2D eigenvalue weighted by Crippen LogP contribution is -2.25. The smallest absolute Gasteiger partial charge is 0.234 e. The van der Waals surface area contributed by atoms with Gasteiger partial charge in [0.25, 0.3) is 0 Å². The normalized spacial score (nSPS) is 10.7. The van der Waals surface area contributed by atoms with Gasteiger partial charge in [0.15, 0.2) is 0 Å². The molecular weight excluding hydrogens is 355 g/mol. The minimum Gasteiger partial charge on any atom is -0.459 e. The number of thioether (sulfide) groups is 1. The number of benzene rings is 2. The monoisotopic (exact) mass is 372 g/mol. The van der Waals surface area contributed by atoms with Gasteiger partial charge in [0.2, 0.25) is 11.8 Å². The average molecular weight is 372 g/mol. The second-order valence-electron chi connectivity index (χ2n) is 5.58. The van der Waals surface area contributed by atoms with Crippen LogP contribution < -0.4 is 10.6 Å². The number of halogens is 1. The fourth-order valence-electron chi connectivity index (χ4n) is 2.33. The predicted molar refractivity (Wildman–Crippen MR) is 100 cm³/mol. The highest BCUT2D eigenvalue weighted by atomic mass is 32.2. The number of anilines is 1. The van der Waals surface area contributed by atoms with Gasteiger partial charge < -0.3 is 15.1 Å². The van der Waals surface area contributed by atoms with Gasteiger partial charge in [-0.25, -0.2) is 4.39 Å². The topological polar surface area (TPSA) is 71.3 Å². The molecule has 134 valence electrons. The number of carbonyl (C=O) groups excluding carboxylic acids is 2. The molecule has 0 aliphatic rings. The maximum atomic E-state index is 12.8. The Kier molecular flexibility index (Phi) is 5.91. The number of rotatable bonds is 7. The molecule has 0 aliphatic heterocycles. The molecule has 0 fully saturated rings. The summed E-state index contributed by atoms with van der Waals surface area (Å²) in [5.41, 5.74) is 1.30. The van der Waals surface area contributed by atoms with Gasteiger partial charge in [-0.05, 0) is 36.4 Å². The molecule has 0 saturated carbocycles. The summed E-state index contributed by atoms with van der Waals surface area (Å²) in [5.74, 6) is 0.195. The van der Waals surface area contributed by atoms with Gasteiger partial charge in [0, 0.05) is 11.1 Å². The molecule has 1 heterocycles. The van der Waals surface area contributed by atoms with Crippen molar-refractivity contribution in [3.63, 3.8) is 0 Å². The minimum atomic E-state index is -0.363. The summed E-state index contributed by atoms with van der Waals surface area (Å²) in [6.45, 7) is 0.301. The molecule has 26 heavy (non-hydrogen) atoms. The number of carbonyl (C=O) groups is 2. The van der Waals surface area contributed by atoms with Crippen LogP contribution in [0.1, 0.15) is 5.76 Å². The third-order valence-electron chi connectivity index (χ3n) is 3.53. The summed E-state index contributed by atoms with van der Waals surface area (Å²) >= 11 is 1.20. The van der Waals surface area contributed by atoms with Crippen molar-refractivity contribution in [1.82, 2.24) is 5.32 Å². The Balaban J connectivity index is 1.37. The van der Waals surface area contributed by atoms with Crippen molar-refractivity contribution in [3.8, 4) is 0 Å². The van der Waals surface area contributed by atoms with Gasteiger partial charge in [-0.1, -0.05) is 18.2 Å². The zero-order valence-electron chi connectivity index (χ0n) is 13.8. The second-order valence-corrected chi connectivity index (χ2v) is 6.56. The maximum absolute atomic E-state index is 12.8. The third-order valence-corrected chi connectivity index (χ3v) is 4.46. The van der Waals surface area contributed by atoms with E-state index in [4.69, 9.17) is 4.42 Å². The molecule has 0 saturated heterocycles. The number of hydrogen-bond donors (Lipinski definition) is 2. The van der Waals surface area contributed by atoms with Crippen LogP contribution in [0.25, 0.3) is 11.0 Å². The molecule has 0 aliphatic carbocycles. The molecule has 2 amide bonds. The first kappa shape index (κ1) is 18.0. The summed E-state index contributed by atoms with van der Waals surface area (Å²) in [6.07, 6.45) is 0. The molecule has 2 aromatic carbocycles. The molecule has 0 spiro atoms. The Hall–Kier alpha value is -2.80. The largest absolute Gasteiger partial charge is 0.459 e. The van der Waals surface area contributed by atoms with Crippen molar-refractivity contribution in [2.75, 3.05) is 16.8 Å². The van der Waals surface area contributed by atoms with Gasteiger partial charge in [-0.2, -0.15) is 0 Å². The molecule has 3 rings (SSSR count). The van der Waals surface area contributed by atoms with Crippen LogP contribution >= 0.6 is 11.8 Å². The van der Waals surface area contributed by atoms with E-state index in [2.05, 4.69) is 10.6 Å².